The maximum Gasteiger partial charge on any atom is 0.256 e. The van der Waals surface area contributed by atoms with Crippen LogP contribution in [0.25, 0.3) is 10.9 Å². The molecule has 1 aromatic heterocycles. The topological polar surface area (TPSA) is 53.4 Å². The number of rotatable bonds is 3. The Morgan fingerprint density at radius 3 is 2.83 bits per heavy atom. The van der Waals surface area contributed by atoms with Crippen LogP contribution in [0, 0.1) is 0 Å². The standard InChI is InChI=1S/C14H16N2O2/c1-10(9-17)16(2)14(18)12-7-3-5-11-6-4-8-15-13(11)12/h3-8,10,17H,9H2,1-2H3. The summed E-state index contributed by atoms with van der Waals surface area (Å²) in [6.07, 6.45) is 1.68. The molecule has 18 heavy (non-hydrogen) atoms. The highest BCUT2D eigenvalue weighted by molar-refractivity contribution is 6.05. The third-order valence-corrected chi connectivity index (χ3v) is 3.11. The molecule has 2 aromatic rings. The van der Waals surface area contributed by atoms with E-state index in [1.54, 1.807) is 26.2 Å². The molecule has 1 amide bonds. The molecule has 0 bridgehead atoms. The minimum Gasteiger partial charge on any atom is -0.394 e. The molecule has 1 atom stereocenters. The van der Waals surface area contributed by atoms with Crippen molar-refractivity contribution in [2.24, 2.45) is 0 Å². The fourth-order valence-corrected chi connectivity index (χ4v) is 1.79. The molecule has 0 aliphatic rings. The fourth-order valence-electron chi connectivity index (χ4n) is 1.79. The highest BCUT2D eigenvalue weighted by atomic mass is 16.3. The van der Waals surface area contributed by atoms with Crippen molar-refractivity contribution < 1.29 is 9.90 Å². The van der Waals surface area contributed by atoms with Gasteiger partial charge in [-0.25, -0.2) is 0 Å². The third kappa shape index (κ3) is 2.19. The van der Waals surface area contributed by atoms with E-state index in [4.69, 9.17) is 5.11 Å². The van der Waals surface area contributed by atoms with Gasteiger partial charge in [0.15, 0.2) is 0 Å². The molecule has 1 N–H and O–H groups in total. The van der Waals surface area contributed by atoms with Crippen LogP contribution in [0.3, 0.4) is 0 Å². The molecule has 0 aliphatic heterocycles. The first-order chi connectivity index (χ1) is 8.65. The van der Waals surface area contributed by atoms with E-state index in [1.807, 2.05) is 24.3 Å². The first-order valence-corrected chi connectivity index (χ1v) is 5.87. The van der Waals surface area contributed by atoms with Crippen molar-refractivity contribution in [2.45, 2.75) is 13.0 Å². The number of para-hydroxylation sites is 1. The van der Waals surface area contributed by atoms with Crippen LogP contribution >= 0.6 is 0 Å². The summed E-state index contributed by atoms with van der Waals surface area (Å²) in [5, 5.41) is 10.0. The molecule has 0 saturated heterocycles. The van der Waals surface area contributed by atoms with Gasteiger partial charge in [0.2, 0.25) is 0 Å². The van der Waals surface area contributed by atoms with Crippen molar-refractivity contribution in [3.63, 3.8) is 0 Å². The number of hydrogen-bond acceptors (Lipinski definition) is 3. The lowest BCUT2D eigenvalue weighted by atomic mass is 10.1. The molecule has 4 nitrogen and oxygen atoms in total. The summed E-state index contributed by atoms with van der Waals surface area (Å²) >= 11 is 0. The van der Waals surface area contributed by atoms with Gasteiger partial charge in [0.25, 0.3) is 5.91 Å². The quantitative estimate of drug-likeness (QED) is 0.893. The lowest BCUT2D eigenvalue weighted by molar-refractivity contribution is 0.0684. The largest absolute Gasteiger partial charge is 0.394 e. The summed E-state index contributed by atoms with van der Waals surface area (Å²) in [4.78, 5) is 18.1. The van der Waals surface area contributed by atoms with Gasteiger partial charge in [0.05, 0.1) is 23.7 Å². The van der Waals surface area contributed by atoms with E-state index in [0.29, 0.717) is 11.1 Å². The van der Waals surface area contributed by atoms with Gasteiger partial charge in [0.1, 0.15) is 0 Å². The van der Waals surface area contributed by atoms with Crippen LogP contribution in [-0.2, 0) is 0 Å². The van der Waals surface area contributed by atoms with Gasteiger partial charge in [0, 0.05) is 18.6 Å². The molecule has 0 radical (unpaired) electrons. The number of aliphatic hydroxyl groups is 1. The second-order valence-electron chi connectivity index (χ2n) is 4.33. The van der Waals surface area contributed by atoms with E-state index >= 15 is 0 Å². The average Bonchev–Trinajstić information content (AvgIpc) is 2.44. The number of carbonyl (C=O) groups is 1. The summed E-state index contributed by atoms with van der Waals surface area (Å²) in [5.41, 5.74) is 1.26. The van der Waals surface area contributed by atoms with E-state index in [0.717, 1.165) is 5.39 Å². The molecule has 94 valence electrons. The fraction of sp³-hybridized carbons (Fsp3) is 0.286. The molecule has 0 spiro atoms. The zero-order valence-corrected chi connectivity index (χ0v) is 10.5. The smallest absolute Gasteiger partial charge is 0.256 e. The van der Waals surface area contributed by atoms with Gasteiger partial charge >= 0.3 is 0 Å². The molecule has 0 aliphatic carbocycles. The monoisotopic (exact) mass is 244 g/mol. The number of benzene rings is 1. The lowest BCUT2D eigenvalue weighted by Gasteiger charge is -2.23. The van der Waals surface area contributed by atoms with Gasteiger partial charge in [-0.1, -0.05) is 18.2 Å². The molecule has 0 fully saturated rings. The van der Waals surface area contributed by atoms with E-state index in [2.05, 4.69) is 4.98 Å². The summed E-state index contributed by atoms with van der Waals surface area (Å²) in [6, 6.07) is 9.09. The minimum absolute atomic E-state index is 0.0551. The van der Waals surface area contributed by atoms with Crippen molar-refractivity contribution in [1.29, 1.82) is 0 Å². The number of likely N-dealkylation sites (N-methyl/N-ethyl adjacent to an activating group) is 1. The summed E-state index contributed by atoms with van der Waals surface area (Å²) in [5.74, 6) is -0.124. The predicted octanol–water partition coefficient (Wildman–Crippen LogP) is 1.69. The number of fused-ring (bicyclic) bond motifs is 1. The Labute approximate surface area is 106 Å². The van der Waals surface area contributed by atoms with Gasteiger partial charge < -0.3 is 10.0 Å². The molecule has 0 saturated carbocycles. The van der Waals surface area contributed by atoms with Crippen LogP contribution in [0.15, 0.2) is 36.5 Å². The van der Waals surface area contributed by atoms with Crippen molar-refractivity contribution in [3.8, 4) is 0 Å². The highest BCUT2D eigenvalue weighted by Crippen LogP contribution is 2.17. The zero-order chi connectivity index (χ0) is 13.1. The second-order valence-corrected chi connectivity index (χ2v) is 4.33. The number of nitrogens with zero attached hydrogens (tertiary/aromatic N) is 2. The summed E-state index contributed by atoms with van der Waals surface area (Å²) in [7, 11) is 1.69. The van der Waals surface area contributed by atoms with Crippen LogP contribution in [-0.4, -0.2) is 40.6 Å². The highest BCUT2D eigenvalue weighted by Gasteiger charge is 2.19. The van der Waals surface area contributed by atoms with Gasteiger partial charge in [-0.05, 0) is 19.1 Å². The van der Waals surface area contributed by atoms with Crippen molar-refractivity contribution >= 4 is 16.8 Å². The number of aromatic nitrogens is 1. The van der Waals surface area contributed by atoms with Gasteiger partial charge in [-0.15, -0.1) is 0 Å². The van der Waals surface area contributed by atoms with Crippen LogP contribution in [0.1, 0.15) is 17.3 Å². The summed E-state index contributed by atoms with van der Waals surface area (Å²) in [6.45, 7) is 1.75. The third-order valence-electron chi connectivity index (χ3n) is 3.11. The molecular formula is C14H16N2O2. The minimum atomic E-state index is -0.212. The first-order valence-electron chi connectivity index (χ1n) is 5.87. The number of pyridine rings is 1. The van der Waals surface area contributed by atoms with Gasteiger partial charge in [-0.3, -0.25) is 9.78 Å². The Bertz CT molecular complexity index is 563. The number of carbonyl (C=O) groups excluding carboxylic acids is 1. The molecule has 1 heterocycles. The average molecular weight is 244 g/mol. The van der Waals surface area contributed by atoms with E-state index in [9.17, 15) is 4.79 Å². The Balaban J connectivity index is 2.45. The Kier molecular flexibility index (Phi) is 3.58. The second kappa shape index (κ2) is 5.14. The zero-order valence-electron chi connectivity index (χ0n) is 10.5. The predicted molar refractivity (Wildman–Crippen MR) is 70.4 cm³/mol. The van der Waals surface area contributed by atoms with Crippen molar-refractivity contribution in [1.82, 2.24) is 9.88 Å². The van der Waals surface area contributed by atoms with Gasteiger partial charge in [-0.2, -0.15) is 0 Å². The van der Waals surface area contributed by atoms with Crippen molar-refractivity contribution in [2.75, 3.05) is 13.7 Å². The SMILES string of the molecule is CC(CO)N(C)C(=O)c1cccc2cccnc12. The number of hydrogen-bond donors (Lipinski definition) is 1. The summed E-state index contributed by atoms with van der Waals surface area (Å²) < 4.78 is 0. The number of aliphatic hydroxyl groups excluding tert-OH is 1. The molecule has 1 aromatic carbocycles. The van der Waals surface area contributed by atoms with Crippen molar-refractivity contribution in [3.05, 3.63) is 42.1 Å². The molecule has 1 unspecified atom stereocenters. The van der Waals surface area contributed by atoms with E-state index in [-0.39, 0.29) is 18.6 Å². The van der Waals surface area contributed by atoms with E-state index < -0.39 is 0 Å². The lowest BCUT2D eigenvalue weighted by Crippen LogP contribution is -2.37. The van der Waals surface area contributed by atoms with Crippen LogP contribution in [0.2, 0.25) is 0 Å². The first kappa shape index (κ1) is 12.5. The normalized spacial score (nSPS) is 12.4. The molecule has 4 heteroatoms. The Morgan fingerprint density at radius 2 is 2.11 bits per heavy atom. The Hall–Kier alpha value is -1.94. The van der Waals surface area contributed by atoms with Crippen LogP contribution in [0.5, 0.6) is 0 Å². The number of amides is 1. The molecule has 2 rings (SSSR count). The van der Waals surface area contributed by atoms with E-state index in [1.165, 1.54) is 4.90 Å². The maximum absolute atomic E-state index is 12.3. The van der Waals surface area contributed by atoms with Crippen LogP contribution in [0.4, 0.5) is 0 Å². The van der Waals surface area contributed by atoms with Crippen LogP contribution < -0.4 is 0 Å². The molecular weight excluding hydrogens is 228 g/mol. The maximum atomic E-state index is 12.3. The Morgan fingerprint density at radius 1 is 1.39 bits per heavy atom.